The number of nitrogens with one attached hydrogen (secondary N) is 2. The highest BCUT2D eigenvalue weighted by Crippen LogP contribution is 2.68. The van der Waals surface area contributed by atoms with Gasteiger partial charge in [-0.05, 0) is 122 Å². The van der Waals surface area contributed by atoms with E-state index in [2.05, 4.69) is 22.5 Å². The summed E-state index contributed by atoms with van der Waals surface area (Å²) in [6.45, 7) is 4.15. The molecular weight excluding hydrogens is 1340 g/mol. The van der Waals surface area contributed by atoms with Crippen molar-refractivity contribution in [2.45, 2.75) is 121 Å². The molecule has 4 saturated carbocycles. The number of carboxylic acid groups (broad SMARTS) is 2. The average molecular weight is 1420 g/mol. The number of anilines is 2. The molecule has 0 radical (unpaired) electrons. The monoisotopic (exact) mass is 1420 g/mol. The molecule has 0 spiro atoms. The number of aromatic carboxylic acids is 1. The second kappa shape index (κ2) is 29.3. The number of aliphatic hydroxyl groups excluding tert-OH is 3. The van der Waals surface area contributed by atoms with E-state index in [1.165, 1.54) is 29.5 Å². The van der Waals surface area contributed by atoms with Gasteiger partial charge in [0, 0.05) is 98.4 Å². The number of aliphatic carboxylic acids is 1. The van der Waals surface area contributed by atoms with Gasteiger partial charge in [0.25, 0.3) is 27.8 Å². The fraction of sp³-hybridized carbons (Fsp3) is 0.471. The Hall–Kier alpha value is -8.99. The number of carbonyl (C=O) groups is 7. The Balaban J connectivity index is 0.689. The number of carboxylic acids is 2. The number of imide groups is 1. The zero-order chi connectivity index (χ0) is 70.8. The van der Waals surface area contributed by atoms with Crippen molar-refractivity contribution in [3.8, 4) is 22.6 Å². The Morgan fingerprint density at radius 2 is 1.66 bits per heavy atom. The summed E-state index contributed by atoms with van der Waals surface area (Å²) in [4.78, 5) is 102. The third kappa shape index (κ3) is 15.9. The molecule has 532 valence electrons. The van der Waals surface area contributed by atoms with Crippen LogP contribution in [0.25, 0.3) is 21.3 Å². The highest BCUT2D eigenvalue weighted by molar-refractivity contribution is 7.85. The van der Waals surface area contributed by atoms with Crippen LogP contribution in [0.2, 0.25) is 0 Å². The van der Waals surface area contributed by atoms with E-state index in [-0.39, 0.29) is 97.9 Å². The largest absolute Gasteiger partial charge is 0.491 e. The molecule has 5 amide bonds. The Bertz CT molecular complexity index is 4250. The van der Waals surface area contributed by atoms with E-state index in [9.17, 15) is 72.1 Å². The molecule has 5 fully saturated rings. The molecule has 3 aliphatic heterocycles. The highest BCUT2D eigenvalue weighted by Gasteiger charge is 2.63. The predicted molar refractivity (Wildman–Crippen MR) is 356 cm³/mol. The molecule has 8 N–H and O–H groups in total. The Morgan fingerprint density at radius 1 is 0.860 bits per heavy atom. The van der Waals surface area contributed by atoms with Gasteiger partial charge in [0.1, 0.15) is 48.8 Å². The summed E-state index contributed by atoms with van der Waals surface area (Å²) in [5.74, 6) is -4.77. The summed E-state index contributed by atoms with van der Waals surface area (Å²) >= 11 is 1.39. The molecule has 3 aromatic heterocycles. The average Bonchev–Trinajstić information content (AvgIpc) is 0.811. The van der Waals surface area contributed by atoms with Crippen molar-refractivity contribution in [3.63, 3.8) is 0 Å². The fourth-order valence-electron chi connectivity index (χ4n) is 15.4. The number of carbonyl (C=O) groups excluding carboxylic acids is 5. The lowest BCUT2D eigenvalue weighted by Gasteiger charge is -2.65. The van der Waals surface area contributed by atoms with Gasteiger partial charge in [-0.25, -0.2) is 24.4 Å². The minimum atomic E-state index is -4.59. The number of para-hydroxylation sites is 1. The lowest BCUT2D eigenvalue weighted by molar-refractivity contribution is -0.271. The van der Waals surface area contributed by atoms with Crippen molar-refractivity contribution < 1.29 is 100 Å². The van der Waals surface area contributed by atoms with Crippen LogP contribution >= 0.6 is 11.3 Å². The number of amides is 5. The van der Waals surface area contributed by atoms with Gasteiger partial charge in [0.15, 0.2) is 16.9 Å². The molecule has 4 bridgehead atoms. The number of aromatic nitrogens is 4. The molecule has 9 atom stereocenters. The summed E-state index contributed by atoms with van der Waals surface area (Å²) in [5.41, 5.74) is 3.90. The van der Waals surface area contributed by atoms with Gasteiger partial charge in [-0.3, -0.25) is 38.6 Å². The zero-order valence-corrected chi connectivity index (χ0v) is 56.4. The number of ether oxygens (including phenoxy) is 6. The van der Waals surface area contributed by atoms with E-state index in [0.717, 1.165) is 81.1 Å². The third-order valence-electron chi connectivity index (χ3n) is 19.3. The Labute approximate surface area is 577 Å². The zero-order valence-electron chi connectivity index (χ0n) is 54.7. The number of hydrogen-bond acceptors (Lipinski definition) is 23. The lowest BCUT2D eigenvalue weighted by Crippen LogP contribution is -2.61. The van der Waals surface area contributed by atoms with E-state index in [1.807, 2.05) is 52.9 Å². The number of benzene rings is 3. The number of pyridine rings is 1. The molecule has 32 heteroatoms. The molecule has 30 nitrogen and oxygen atoms in total. The summed E-state index contributed by atoms with van der Waals surface area (Å²) < 4.78 is 72.5. The molecule has 4 unspecified atom stereocenters. The molecule has 100 heavy (non-hydrogen) atoms. The third-order valence-corrected chi connectivity index (χ3v) is 21.0. The van der Waals surface area contributed by atoms with Crippen molar-refractivity contribution in [1.29, 1.82) is 0 Å². The summed E-state index contributed by atoms with van der Waals surface area (Å²) in [7, 11) is -4.59. The molecule has 6 heterocycles. The Kier molecular flexibility index (Phi) is 20.8. The first-order valence-electron chi connectivity index (χ1n) is 32.8. The van der Waals surface area contributed by atoms with E-state index >= 15 is 0 Å². The van der Waals surface area contributed by atoms with E-state index < -0.39 is 101 Å². The minimum absolute atomic E-state index is 0.0139. The smallest absolute Gasteiger partial charge is 0.410 e. The molecule has 4 aliphatic carbocycles. The maximum atomic E-state index is 14.1. The Morgan fingerprint density at radius 3 is 2.42 bits per heavy atom. The van der Waals surface area contributed by atoms with Gasteiger partial charge >= 0.3 is 18.0 Å². The van der Waals surface area contributed by atoms with Crippen LogP contribution in [0.5, 0.6) is 11.5 Å². The predicted octanol–water partition coefficient (Wildman–Crippen LogP) is 4.75. The summed E-state index contributed by atoms with van der Waals surface area (Å²) in [5, 5.41) is 62.7. The van der Waals surface area contributed by atoms with Crippen molar-refractivity contribution in [2.24, 2.45) is 16.7 Å². The van der Waals surface area contributed by atoms with Crippen molar-refractivity contribution in [1.82, 2.24) is 34.9 Å². The molecule has 3 aromatic carbocycles. The number of nitrogens with zero attached hydrogens (tertiary/aromatic N) is 7. The van der Waals surface area contributed by atoms with Gasteiger partial charge < -0.3 is 69.1 Å². The number of thiazole rings is 1. The van der Waals surface area contributed by atoms with Crippen LogP contribution in [0.15, 0.2) is 91.1 Å². The molecule has 6 aromatic rings. The first-order valence-corrected chi connectivity index (χ1v) is 35.2. The van der Waals surface area contributed by atoms with Crippen LogP contribution in [0.3, 0.4) is 0 Å². The standard InChI is InChI=1S/C68H77N9O21S2/c1-39-46(44-12-13-51(72-55(44)61(85)86)75-19-16-41-6-5-7-45(47(41)33-75)60(84)73-64-71-48-8-3-4-9-50(48)99-64)32-70-77(39)38-67-30-40-29-66(2,35-67)36-68(31-40,37-67)96-24-21-74(22-27-100(90,91)92)65(89)95-34-42-10-11-43(97-63-58(83)56(81)57(82)59(98-63)62(87)88)28-49(42)94-26-25-93-23-18-69-52(78)17-20-76-53(79)14-15-54(76)80/h3-15,28,32,40,56-59,63,81-83H,16-27,29-31,33-38H2,1-2H3,(H,69,78)(H,85,86)(H,87,88)(H,71,73,84)(H,90,91,92)/t40?,56-,57-,58+,59-,63+,66?,67?,68?/m0/s1. The van der Waals surface area contributed by atoms with Gasteiger partial charge in [-0.15, -0.1) is 0 Å². The van der Waals surface area contributed by atoms with Crippen molar-refractivity contribution in [3.05, 3.63) is 125 Å². The normalized spacial score (nSPS) is 24.5. The number of hydrogen-bond donors (Lipinski definition) is 8. The van der Waals surface area contributed by atoms with E-state index in [1.54, 1.807) is 24.4 Å². The molecule has 1 saturated heterocycles. The second-order valence-electron chi connectivity index (χ2n) is 26.8. The van der Waals surface area contributed by atoms with Crippen molar-refractivity contribution >= 4 is 84.3 Å². The lowest BCUT2D eigenvalue weighted by atomic mass is 9.43. The fourth-order valence-corrected chi connectivity index (χ4v) is 16.8. The number of aliphatic hydroxyl groups is 3. The molecule has 13 rings (SSSR count). The van der Waals surface area contributed by atoms with Gasteiger partial charge in [-0.1, -0.05) is 42.5 Å². The summed E-state index contributed by atoms with van der Waals surface area (Å²) in [6.07, 6.45) is -1.37. The quantitative estimate of drug-likeness (QED) is 0.0178. The SMILES string of the molecule is Cc1c(-c2ccc(N3CCc4cccc(C(=O)Nc5nc6ccccc6s5)c4C3)nc2C(=O)O)cnn1CC12CC3CC(C)(C1)CC(OCCN(CCS(=O)(=O)O)C(=O)OCc1ccc(O[C@@H]4O[C@H](C(=O)O)[C@@H](O)[C@H](O)[C@H]4O)cc1OCCOCCNC(=O)CCN1C(=O)C=CC1=O)(C3)C2. The van der Waals surface area contributed by atoms with Crippen LogP contribution in [0.4, 0.5) is 15.7 Å². The second-order valence-corrected chi connectivity index (χ2v) is 29.4. The first-order chi connectivity index (χ1) is 47.7. The topological polar surface area (TPSA) is 408 Å². The van der Waals surface area contributed by atoms with Crippen molar-refractivity contribution in [2.75, 3.05) is 75.1 Å². The van der Waals surface area contributed by atoms with Crippen LogP contribution in [-0.2, 0) is 74.4 Å². The van der Waals surface area contributed by atoms with E-state index in [4.69, 9.17) is 38.5 Å². The van der Waals surface area contributed by atoms with Crippen LogP contribution in [0, 0.1) is 23.7 Å². The van der Waals surface area contributed by atoms with Crippen LogP contribution in [-0.4, -0.2) is 211 Å². The highest BCUT2D eigenvalue weighted by atomic mass is 32.2. The van der Waals surface area contributed by atoms with Crippen LogP contribution in [0.1, 0.15) is 95.1 Å². The maximum Gasteiger partial charge on any atom is 0.410 e. The minimum Gasteiger partial charge on any atom is -0.491 e. The van der Waals surface area contributed by atoms with Gasteiger partial charge in [-0.2, -0.15) is 13.5 Å². The summed E-state index contributed by atoms with van der Waals surface area (Å²) in [6, 6.07) is 20.9. The number of fused-ring (bicyclic) bond motifs is 2. The van der Waals surface area contributed by atoms with Crippen LogP contribution < -0.4 is 25.0 Å². The van der Waals surface area contributed by atoms with E-state index in [0.29, 0.717) is 60.1 Å². The van der Waals surface area contributed by atoms with Gasteiger partial charge in [0.05, 0.1) is 47.6 Å². The molecule has 7 aliphatic rings. The first kappa shape index (κ1) is 70.9. The molecular formula is C68H77N9O21S2. The maximum absolute atomic E-state index is 14.1. The number of rotatable bonds is 29. The van der Waals surface area contributed by atoms with Gasteiger partial charge in [0.2, 0.25) is 12.2 Å².